The Morgan fingerprint density at radius 2 is 1.76 bits per heavy atom. The molecule has 1 aliphatic carbocycles. The topological polar surface area (TPSA) is 116 Å². The second-order valence-electron chi connectivity index (χ2n) is 10.1. The number of nitrogens with one attached hydrogen (secondary N) is 3. The molecule has 4 aromatic rings. The fraction of sp³-hybridized carbons (Fsp3) is 0.321. The number of aromatic nitrogens is 4. The van der Waals surface area contributed by atoms with Gasteiger partial charge in [-0.3, -0.25) is 19.7 Å². The zero-order valence-corrected chi connectivity index (χ0v) is 20.7. The average molecular weight is 496 g/mol. The maximum Gasteiger partial charge on any atom is 0.276 e. The predicted molar refractivity (Wildman–Crippen MR) is 143 cm³/mol. The summed E-state index contributed by atoms with van der Waals surface area (Å²) in [6.07, 6.45) is 9.30. The Bertz CT molecular complexity index is 1450. The highest BCUT2D eigenvalue weighted by molar-refractivity contribution is 6.11. The second kappa shape index (κ2) is 9.65. The summed E-state index contributed by atoms with van der Waals surface area (Å²) in [7, 11) is 0. The first-order valence-electron chi connectivity index (χ1n) is 12.8. The van der Waals surface area contributed by atoms with E-state index < -0.39 is 0 Å². The number of anilines is 3. The standard InChI is InChI=1S/C28H29N7O2/c1-17-8-10-35(11-9-17)25-7-5-21(16-30-25)31-28(37)26-23-13-19(4-6-24(23)33-34-26)20-12-22(15-29-14-20)32-27(36)18-2-3-18/h4-7,12-18H,2-3,8-11H2,1H3,(H,31,37)(H,32,36)(H,33,34). The number of carbonyl (C=O) groups excluding carboxylic acids is 2. The maximum absolute atomic E-state index is 13.1. The largest absolute Gasteiger partial charge is 0.357 e. The van der Waals surface area contributed by atoms with Crippen molar-refractivity contribution in [3.63, 3.8) is 0 Å². The van der Waals surface area contributed by atoms with Crippen LogP contribution in [0.3, 0.4) is 0 Å². The van der Waals surface area contributed by atoms with Crippen LogP contribution in [-0.4, -0.2) is 45.1 Å². The van der Waals surface area contributed by atoms with Crippen LogP contribution in [0.2, 0.25) is 0 Å². The molecule has 1 saturated heterocycles. The molecule has 0 unspecified atom stereocenters. The van der Waals surface area contributed by atoms with Gasteiger partial charge in [0.1, 0.15) is 5.82 Å². The van der Waals surface area contributed by atoms with E-state index in [1.54, 1.807) is 18.6 Å². The van der Waals surface area contributed by atoms with Crippen LogP contribution in [0.25, 0.3) is 22.0 Å². The van der Waals surface area contributed by atoms with Crippen molar-refractivity contribution in [3.8, 4) is 11.1 Å². The fourth-order valence-electron chi connectivity index (χ4n) is 4.70. The summed E-state index contributed by atoms with van der Waals surface area (Å²) < 4.78 is 0. The molecule has 2 fully saturated rings. The van der Waals surface area contributed by atoms with Gasteiger partial charge in [0.2, 0.25) is 5.91 Å². The Labute approximate surface area is 214 Å². The van der Waals surface area contributed by atoms with E-state index in [4.69, 9.17) is 0 Å². The minimum Gasteiger partial charge on any atom is -0.357 e. The molecule has 1 aromatic carbocycles. The first kappa shape index (κ1) is 23.1. The van der Waals surface area contributed by atoms with Crippen LogP contribution in [0.4, 0.5) is 17.2 Å². The Balaban J connectivity index is 1.19. The lowest BCUT2D eigenvalue weighted by atomic mass is 9.99. The van der Waals surface area contributed by atoms with Crippen molar-refractivity contribution in [2.24, 2.45) is 11.8 Å². The minimum absolute atomic E-state index is 0.0382. The van der Waals surface area contributed by atoms with Gasteiger partial charge >= 0.3 is 0 Å². The van der Waals surface area contributed by atoms with Crippen LogP contribution in [0, 0.1) is 11.8 Å². The van der Waals surface area contributed by atoms with E-state index in [0.717, 1.165) is 54.3 Å². The molecule has 188 valence electrons. The van der Waals surface area contributed by atoms with Crippen molar-refractivity contribution >= 4 is 39.9 Å². The number of piperidine rings is 1. The average Bonchev–Trinajstić information content (AvgIpc) is 3.69. The summed E-state index contributed by atoms with van der Waals surface area (Å²) in [6.45, 7) is 4.30. The van der Waals surface area contributed by atoms with Crippen molar-refractivity contribution in [3.05, 3.63) is 60.7 Å². The van der Waals surface area contributed by atoms with Crippen LogP contribution in [0.15, 0.2) is 55.0 Å². The van der Waals surface area contributed by atoms with Gasteiger partial charge in [0.05, 0.1) is 29.3 Å². The number of aromatic amines is 1. The van der Waals surface area contributed by atoms with Gasteiger partial charge in [-0.15, -0.1) is 0 Å². The van der Waals surface area contributed by atoms with Gasteiger partial charge in [0, 0.05) is 36.2 Å². The van der Waals surface area contributed by atoms with Crippen molar-refractivity contribution in [1.82, 2.24) is 20.2 Å². The maximum atomic E-state index is 13.1. The van der Waals surface area contributed by atoms with E-state index in [9.17, 15) is 9.59 Å². The summed E-state index contributed by atoms with van der Waals surface area (Å²) >= 11 is 0. The third kappa shape index (κ3) is 5.02. The number of H-pyrrole nitrogens is 1. The molecular formula is C28H29N7O2. The van der Waals surface area contributed by atoms with Crippen molar-refractivity contribution in [2.75, 3.05) is 28.6 Å². The molecule has 6 rings (SSSR count). The molecule has 0 spiro atoms. The van der Waals surface area contributed by atoms with Crippen molar-refractivity contribution in [2.45, 2.75) is 32.6 Å². The molecule has 0 radical (unpaired) electrons. The number of pyridine rings is 2. The number of fused-ring (bicyclic) bond motifs is 1. The number of hydrogen-bond acceptors (Lipinski definition) is 6. The number of carbonyl (C=O) groups is 2. The highest BCUT2D eigenvalue weighted by atomic mass is 16.2. The fourth-order valence-corrected chi connectivity index (χ4v) is 4.70. The van der Waals surface area contributed by atoms with Crippen LogP contribution in [-0.2, 0) is 4.79 Å². The van der Waals surface area contributed by atoms with E-state index in [1.807, 2.05) is 36.4 Å². The molecule has 0 bridgehead atoms. The quantitative estimate of drug-likeness (QED) is 0.352. The van der Waals surface area contributed by atoms with Gasteiger partial charge in [-0.25, -0.2) is 4.98 Å². The van der Waals surface area contributed by atoms with Crippen LogP contribution < -0.4 is 15.5 Å². The normalized spacial score (nSPS) is 16.1. The summed E-state index contributed by atoms with van der Waals surface area (Å²) in [5.41, 5.74) is 4.06. The molecule has 1 aliphatic heterocycles. The highest BCUT2D eigenvalue weighted by Gasteiger charge is 2.29. The van der Waals surface area contributed by atoms with E-state index in [2.05, 4.69) is 42.6 Å². The third-order valence-corrected chi connectivity index (χ3v) is 7.18. The zero-order valence-electron chi connectivity index (χ0n) is 20.7. The first-order chi connectivity index (χ1) is 18.0. The number of nitrogens with zero attached hydrogens (tertiary/aromatic N) is 4. The summed E-state index contributed by atoms with van der Waals surface area (Å²) in [5, 5.41) is 13.8. The Hall–Kier alpha value is -4.27. The van der Waals surface area contributed by atoms with Crippen molar-refractivity contribution in [1.29, 1.82) is 0 Å². The first-order valence-corrected chi connectivity index (χ1v) is 12.8. The van der Waals surface area contributed by atoms with E-state index in [-0.39, 0.29) is 17.7 Å². The Morgan fingerprint density at radius 3 is 2.51 bits per heavy atom. The number of rotatable bonds is 6. The molecule has 0 atom stereocenters. The lowest BCUT2D eigenvalue weighted by molar-refractivity contribution is -0.117. The van der Waals surface area contributed by atoms with Gasteiger partial charge in [-0.2, -0.15) is 5.10 Å². The lowest BCUT2D eigenvalue weighted by Crippen LogP contribution is -2.33. The van der Waals surface area contributed by atoms with Crippen LogP contribution in [0.1, 0.15) is 43.1 Å². The number of hydrogen-bond donors (Lipinski definition) is 3. The predicted octanol–water partition coefficient (Wildman–Crippen LogP) is 4.86. The molecule has 3 N–H and O–H groups in total. The second-order valence-corrected chi connectivity index (χ2v) is 10.1. The highest BCUT2D eigenvalue weighted by Crippen LogP contribution is 2.31. The molecule has 4 heterocycles. The SMILES string of the molecule is CC1CCN(c2ccc(NC(=O)c3n[nH]c4ccc(-c5cncc(NC(=O)C6CC6)c5)cc34)cn2)CC1. The molecule has 37 heavy (non-hydrogen) atoms. The molecule has 9 nitrogen and oxygen atoms in total. The molecular weight excluding hydrogens is 466 g/mol. The summed E-state index contributed by atoms with van der Waals surface area (Å²) in [6, 6.07) is 11.5. The zero-order chi connectivity index (χ0) is 25.4. The van der Waals surface area contributed by atoms with Crippen LogP contribution >= 0.6 is 0 Å². The van der Waals surface area contributed by atoms with Gasteiger partial charge in [0.25, 0.3) is 5.91 Å². The van der Waals surface area contributed by atoms with Crippen LogP contribution in [0.5, 0.6) is 0 Å². The molecule has 3 aromatic heterocycles. The lowest BCUT2D eigenvalue weighted by Gasteiger charge is -2.31. The van der Waals surface area contributed by atoms with E-state index in [1.165, 1.54) is 12.8 Å². The summed E-state index contributed by atoms with van der Waals surface area (Å²) in [4.78, 5) is 36.4. The minimum atomic E-state index is -0.312. The molecule has 2 amide bonds. The molecule has 2 aliphatic rings. The Morgan fingerprint density at radius 1 is 0.919 bits per heavy atom. The Kier molecular flexibility index (Phi) is 6.04. The number of amides is 2. The van der Waals surface area contributed by atoms with Crippen molar-refractivity contribution < 1.29 is 9.59 Å². The summed E-state index contributed by atoms with van der Waals surface area (Å²) in [5.74, 6) is 1.54. The van der Waals surface area contributed by atoms with E-state index in [0.29, 0.717) is 22.5 Å². The third-order valence-electron chi connectivity index (χ3n) is 7.18. The number of benzene rings is 1. The smallest absolute Gasteiger partial charge is 0.276 e. The molecule has 9 heteroatoms. The van der Waals surface area contributed by atoms with Gasteiger partial charge in [-0.05, 0) is 67.5 Å². The molecule has 1 saturated carbocycles. The monoisotopic (exact) mass is 495 g/mol. The van der Waals surface area contributed by atoms with Gasteiger partial charge in [0.15, 0.2) is 5.69 Å². The van der Waals surface area contributed by atoms with E-state index >= 15 is 0 Å². The van der Waals surface area contributed by atoms with Gasteiger partial charge in [-0.1, -0.05) is 13.0 Å². The van der Waals surface area contributed by atoms with Gasteiger partial charge < -0.3 is 15.5 Å².